The number of hydrogen-bond donors (Lipinski definition) is 0. The topological polar surface area (TPSA) is 46.6 Å². The molecule has 0 spiro atoms. The highest BCUT2D eigenvalue weighted by atomic mass is 16.5. The van der Waals surface area contributed by atoms with Crippen molar-refractivity contribution in [1.82, 2.24) is 4.90 Å². The number of piperidine rings is 1. The Labute approximate surface area is 103 Å². The van der Waals surface area contributed by atoms with Crippen LogP contribution < -0.4 is 0 Å². The first-order valence-corrected chi connectivity index (χ1v) is 6.44. The van der Waals surface area contributed by atoms with Crippen molar-refractivity contribution in [3.63, 3.8) is 0 Å². The molecule has 0 aliphatic carbocycles. The van der Waals surface area contributed by atoms with Crippen LogP contribution in [0.1, 0.15) is 39.5 Å². The van der Waals surface area contributed by atoms with E-state index >= 15 is 0 Å². The van der Waals surface area contributed by atoms with Crippen molar-refractivity contribution in [1.29, 1.82) is 0 Å². The molecule has 4 nitrogen and oxygen atoms in total. The van der Waals surface area contributed by atoms with E-state index in [0.29, 0.717) is 25.4 Å². The van der Waals surface area contributed by atoms with Gasteiger partial charge >= 0.3 is 5.97 Å². The summed E-state index contributed by atoms with van der Waals surface area (Å²) in [6.07, 6.45) is 3.13. The van der Waals surface area contributed by atoms with Gasteiger partial charge in [-0.25, -0.2) is 0 Å². The van der Waals surface area contributed by atoms with E-state index in [0.717, 1.165) is 19.3 Å². The van der Waals surface area contributed by atoms with E-state index < -0.39 is 0 Å². The van der Waals surface area contributed by atoms with E-state index in [4.69, 9.17) is 4.74 Å². The third-order valence-corrected chi connectivity index (χ3v) is 3.60. The number of rotatable bonds is 4. The molecule has 0 saturated carbocycles. The fraction of sp³-hybridized carbons (Fsp3) is 0.846. The fourth-order valence-electron chi connectivity index (χ4n) is 2.10. The molecule has 1 aliphatic heterocycles. The summed E-state index contributed by atoms with van der Waals surface area (Å²) in [7, 11) is 1.42. The summed E-state index contributed by atoms with van der Waals surface area (Å²) >= 11 is 0. The summed E-state index contributed by atoms with van der Waals surface area (Å²) in [5, 5.41) is 0. The van der Waals surface area contributed by atoms with Gasteiger partial charge in [0, 0.05) is 19.5 Å². The molecule has 1 rings (SSSR count). The standard InChI is InChI=1S/C13H23NO3/c1-4-10(2)9-12(15)14-7-5-11(6-8-14)13(16)17-3/h10-11H,4-9H2,1-3H3. The van der Waals surface area contributed by atoms with E-state index in [1.54, 1.807) is 0 Å². The summed E-state index contributed by atoms with van der Waals surface area (Å²) < 4.78 is 4.72. The molecule has 0 aromatic carbocycles. The molecule has 1 unspecified atom stereocenters. The Hall–Kier alpha value is -1.06. The van der Waals surface area contributed by atoms with Crippen LogP contribution in [0.2, 0.25) is 0 Å². The zero-order valence-electron chi connectivity index (χ0n) is 11.1. The predicted octanol–water partition coefficient (Wildman–Crippen LogP) is 1.83. The zero-order valence-corrected chi connectivity index (χ0v) is 11.1. The molecule has 17 heavy (non-hydrogen) atoms. The third kappa shape index (κ3) is 4.02. The molecule has 0 aromatic rings. The lowest BCUT2D eigenvalue weighted by Gasteiger charge is -2.31. The summed E-state index contributed by atoms with van der Waals surface area (Å²) in [5.41, 5.74) is 0. The summed E-state index contributed by atoms with van der Waals surface area (Å²) in [4.78, 5) is 25.1. The Balaban J connectivity index is 2.36. The molecule has 1 amide bonds. The minimum Gasteiger partial charge on any atom is -0.469 e. The molecule has 0 radical (unpaired) electrons. The van der Waals surface area contributed by atoms with E-state index in [1.807, 2.05) is 4.90 Å². The molecular formula is C13H23NO3. The molecule has 1 saturated heterocycles. The lowest BCUT2D eigenvalue weighted by Crippen LogP contribution is -2.40. The van der Waals surface area contributed by atoms with Crippen molar-refractivity contribution in [2.75, 3.05) is 20.2 Å². The van der Waals surface area contributed by atoms with Gasteiger partial charge in [-0.15, -0.1) is 0 Å². The highest BCUT2D eigenvalue weighted by Gasteiger charge is 2.27. The van der Waals surface area contributed by atoms with E-state index in [-0.39, 0.29) is 17.8 Å². The minimum absolute atomic E-state index is 0.0207. The molecular weight excluding hydrogens is 218 g/mol. The molecule has 98 valence electrons. The maximum Gasteiger partial charge on any atom is 0.308 e. The Morgan fingerprint density at radius 2 is 1.94 bits per heavy atom. The number of hydrogen-bond acceptors (Lipinski definition) is 3. The summed E-state index contributed by atoms with van der Waals surface area (Å²) in [5.74, 6) is 0.509. The van der Waals surface area contributed by atoms with Gasteiger partial charge in [-0.1, -0.05) is 20.3 Å². The maximum absolute atomic E-state index is 11.9. The van der Waals surface area contributed by atoms with Gasteiger partial charge < -0.3 is 9.64 Å². The lowest BCUT2D eigenvalue weighted by molar-refractivity contribution is -0.149. The monoisotopic (exact) mass is 241 g/mol. The van der Waals surface area contributed by atoms with Gasteiger partial charge in [0.15, 0.2) is 0 Å². The van der Waals surface area contributed by atoms with Crippen LogP contribution in [0.15, 0.2) is 0 Å². The Bertz CT molecular complexity index is 270. The van der Waals surface area contributed by atoms with Crippen molar-refractivity contribution >= 4 is 11.9 Å². The van der Waals surface area contributed by atoms with Crippen molar-refractivity contribution < 1.29 is 14.3 Å². The maximum atomic E-state index is 11.9. The third-order valence-electron chi connectivity index (χ3n) is 3.60. The van der Waals surface area contributed by atoms with Gasteiger partial charge in [-0.3, -0.25) is 9.59 Å². The molecule has 1 fully saturated rings. The van der Waals surface area contributed by atoms with Crippen LogP contribution in [-0.4, -0.2) is 37.0 Å². The van der Waals surface area contributed by atoms with E-state index in [9.17, 15) is 9.59 Å². The average molecular weight is 241 g/mol. The van der Waals surface area contributed by atoms with Gasteiger partial charge in [-0.2, -0.15) is 0 Å². The highest BCUT2D eigenvalue weighted by molar-refractivity contribution is 5.77. The molecule has 1 atom stereocenters. The van der Waals surface area contributed by atoms with Crippen LogP contribution in [0, 0.1) is 11.8 Å². The van der Waals surface area contributed by atoms with Crippen LogP contribution in [0.5, 0.6) is 0 Å². The number of carbonyl (C=O) groups is 2. The second kappa shape index (κ2) is 6.62. The number of likely N-dealkylation sites (tertiary alicyclic amines) is 1. The van der Waals surface area contributed by atoms with Crippen LogP contribution in [0.25, 0.3) is 0 Å². The van der Waals surface area contributed by atoms with Gasteiger partial charge in [0.05, 0.1) is 13.0 Å². The number of carbonyl (C=O) groups excluding carboxylic acids is 2. The van der Waals surface area contributed by atoms with Crippen molar-refractivity contribution in [3.8, 4) is 0 Å². The number of amides is 1. The molecule has 1 aliphatic rings. The van der Waals surface area contributed by atoms with Gasteiger partial charge in [0.1, 0.15) is 0 Å². The Morgan fingerprint density at radius 1 is 1.35 bits per heavy atom. The number of esters is 1. The van der Waals surface area contributed by atoms with Crippen LogP contribution >= 0.6 is 0 Å². The van der Waals surface area contributed by atoms with Gasteiger partial charge in [-0.05, 0) is 18.8 Å². The smallest absolute Gasteiger partial charge is 0.308 e. The number of ether oxygens (including phenoxy) is 1. The quantitative estimate of drug-likeness (QED) is 0.705. The fourth-order valence-corrected chi connectivity index (χ4v) is 2.10. The van der Waals surface area contributed by atoms with Crippen LogP contribution in [0.3, 0.4) is 0 Å². The first kappa shape index (κ1) is 14.0. The van der Waals surface area contributed by atoms with Gasteiger partial charge in [0.25, 0.3) is 0 Å². The first-order valence-electron chi connectivity index (χ1n) is 6.44. The average Bonchev–Trinajstić information content (AvgIpc) is 2.37. The largest absolute Gasteiger partial charge is 0.469 e. The molecule has 1 heterocycles. The van der Waals surface area contributed by atoms with Crippen molar-refractivity contribution in [2.24, 2.45) is 11.8 Å². The lowest BCUT2D eigenvalue weighted by atomic mass is 9.96. The van der Waals surface area contributed by atoms with Crippen LogP contribution in [-0.2, 0) is 14.3 Å². The van der Waals surface area contributed by atoms with Gasteiger partial charge in [0.2, 0.25) is 5.91 Å². The van der Waals surface area contributed by atoms with Crippen molar-refractivity contribution in [3.05, 3.63) is 0 Å². The number of methoxy groups -OCH3 is 1. The minimum atomic E-state index is -0.140. The summed E-state index contributed by atoms with van der Waals surface area (Å²) in [6.45, 7) is 5.57. The number of nitrogens with zero attached hydrogens (tertiary/aromatic N) is 1. The zero-order chi connectivity index (χ0) is 12.8. The first-order chi connectivity index (χ1) is 8.08. The molecule has 4 heteroatoms. The predicted molar refractivity (Wildman–Crippen MR) is 65.4 cm³/mol. The van der Waals surface area contributed by atoms with E-state index in [2.05, 4.69) is 13.8 Å². The SMILES string of the molecule is CCC(C)CC(=O)N1CCC(C(=O)OC)CC1. The Kier molecular flexibility index (Phi) is 5.45. The second-order valence-electron chi connectivity index (χ2n) is 4.90. The summed E-state index contributed by atoms with van der Waals surface area (Å²) in [6, 6.07) is 0. The second-order valence-corrected chi connectivity index (χ2v) is 4.90. The molecule has 0 aromatic heterocycles. The van der Waals surface area contributed by atoms with Crippen LogP contribution in [0.4, 0.5) is 0 Å². The highest BCUT2D eigenvalue weighted by Crippen LogP contribution is 2.20. The van der Waals surface area contributed by atoms with Crippen molar-refractivity contribution in [2.45, 2.75) is 39.5 Å². The molecule has 0 N–H and O–H groups in total. The normalized spacial score (nSPS) is 18.9. The Morgan fingerprint density at radius 3 is 2.41 bits per heavy atom. The van der Waals surface area contributed by atoms with E-state index in [1.165, 1.54) is 7.11 Å². The molecule has 0 bridgehead atoms.